The van der Waals surface area contributed by atoms with Crippen molar-refractivity contribution < 1.29 is 24.0 Å². The third-order valence-electron chi connectivity index (χ3n) is 1.91. The van der Waals surface area contributed by atoms with Crippen LogP contribution in [0.3, 0.4) is 0 Å². The van der Waals surface area contributed by atoms with Gasteiger partial charge in [0.05, 0.1) is 12.0 Å². The molecule has 0 amide bonds. The zero-order valence-corrected chi connectivity index (χ0v) is 8.21. The fourth-order valence-electron chi connectivity index (χ4n) is 1.09. The number of aliphatic hydroxyl groups excluding tert-OH is 1. The van der Waals surface area contributed by atoms with Crippen LogP contribution in [-0.4, -0.2) is 23.1 Å². The van der Waals surface area contributed by atoms with Gasteiger partial charge in [-0.2, -0.15) is 4.39 Å². The Morgan fingerprint density at radius 2 is 2.25 bits per heavy atom. The first-order valence-electron chi connectivity index (χ1n) is 4.17. The van der Waals surface area contributed by atoms with Gasteiger partial charge in [-0.15, -0.1) is 0 Å². The number of esters is 1. The van der Waals surface area contributed by atoms with Crippen LogP contribution in [0.4, 0.5) is 10.1 Å². The first kappa shape index (κ1) is 12.1. The Hall–Kier alpha value is -2.02. The van der Waals surface area contributed by atoms with Crippen LogP contribution in [-0.2, 0) is 9.53 Å². The van der Waals surface area contributed by atoms with Crippen molar-refractivity contribution in [3.8, 4) is 0 Å². The number of methoxy groups -OCH3 is 1. The number of nitrogens with zero attached hydrogens (tertiary/aromatic N) is 1. The minimum Gasteiger partial charge on any atom is -0.467 e. The number of ether oxygens (including phenoxy) is 1. The normalized spacial score (nSPS) is 11.9. The molecule has 0 aromatic heterocycles. The summed E-state index contributed by atoms with van der Waals surface area (Å²) in [5, 5.41) is 19.8. The Bertz CT molecular complexity index is 434. The summed E-state index contributed by atoms with van der Waals surface area (Å²) in [5.41, 5.74) is -0.902. The van der Waals surface area contributed by atoms with E-state index in [4.69, 9.17) is 0 Å². The lowest BCUT2D eigenvalue weighted by Gasteiger charge is -2.08. The van der Waals surface area contributed by atoms with Crippen LogP contribution in [0, 0.1) is 15.9 Å². The van der Waals surface area contributed by atoms with Crippen molar-refractivity contribution in [2.45, 2.75) is 6.10 Å². The van der Waals surface area contributed by atoms with E-state index in [1.165, 1.54) is 0 Å². The van der Waals surface area contributed by atoms with Gasteiger partial charge >= 0.3 is 11.7 Å². The molecule has 0 aliphatic rings. The number of hydrogen-bond acceptors (Lipinski definition) is 5. The second kappa shape index (κ2) is 4.67. The van der Waals surface area contributed by atoms with Crippen LogP contribution < -0.4 is 0 Å². The first-order chi connectivity index (χ1) is 7.47. The molecule has 1 aromatic rings. The molecular formula is C9H8FNO5. The molecule has 1 unspecified atom stereocenters. The predicted octanol–water partition coefficient (Wildman–Crippen LogP) is 0.940. The molecule has 86 valence electrons. The Balaban J connectivity index is 3.12. The number of carbonyl (C=O) groups excluding carboxylic acids is 1. The summed E-state index contributed by atoms with van der Waals surface area (Å²) in [6.07, 6.45) is -1.66. The minimum atomic E-state index is -1.66. The topological polar surface area (TPSA) is 89.7 Å². The molecule has 0 saturated heterocycles. The van der Waals surface area contributed by atoms with Gasteiger partial charge in [0, 0.05) is 6.07 Å². The van der Waals surface area contributed by atoms with Gasteiger partial charge in [-0.1, -0.05) is 6.07 Å². The van der Waals surface area contributed by atoms with Crippen molar-refractivity contribution >= 4 is 11.7 Å². The molecular weight excluding hydrogens is 221 g/mol. The maximum absolute atomic E-state index is 12.9. The van der Waals surface area contributed by atoms with Gasteiger partial charge in [-0.25, -0.2) is 4.79 Å². The Kier molecular flexibility index (Phi) is 3.51. The maximum atomic E-state index is 12.9. The average Bonchev–Trinajstić information content (AvgIpc) is 2.27. The summed E-state index contributed by atoms with van der Waals surface area (Å²) in [6.45, 7) is 0. The lowest BCUT2D eigenvalue weighted by molar-refractivity contribution is -0.387. The summed E-state index contributed by atoms with van der Waals surface area (Å²) < 4.78 is 17.2. The van der Waals surface area contributed by atoms with Crippen LogP contribution >= 0.6 is 0 Å². The fourth-order valence-corrected chi connectivity index (χ4v) is 1.09. The molecule has 0 aliphatic carbocycles. The largest absolute Gasteiger partial charge is 0.467 e. The molecule has 1 atom stereocenters. The molecule has 0 heterocycles. The maximum Gasteiger partial charge on any atom is 0.339 e. The molecule has 1 aromatic carbocycles. The minimum absolute atomic E-state index is 0.0973. The van der Waals surface area contributed by atoms with Crippen molar-refractivity contribution in [2.75, 3.05) is 7.11 Å². The van der Waals surface area contributed by atoms with Gasteiger partial charge in [0.1, 0.15) is 0 Å². The Labute approximate surface area is 89.4 Å². The zero-order chi connectivity index (χ0) is 12.3. The first-order valence-corrected chi connectivity index (χ1v) is 4.17. The van der Waals surface area contributed by atoms with Gasteiger partial charge in [0.15, 0.2) is 6.10 Å². The fraction of sp³-hybridized carbons (Fsp3) is 0.222. The Morgan fingerprint density at radius 3 is 2.75 bits per heavy atom. The van der Waals surface area contributed by atoms with E-state index in [0.29, 0.717) is 0 Å². The summed E-state index contributed by atoms with van der Waals surface area (Å²) in [5.74, 6) is -2.01. The van der Waals surface area contributed by atoms with Gasteiger partial charge in [0.2, 0.25) is 5.82 Å². The number of benzene rings is 1. The van der Waals surface area contributed by atoms with E-state index in [0.717, 1.165) is 25.3 Å². The van der Waals surface area contributed by atoms with Gasteiger partial charge in [0.25, 0.3) is 0 Å². The van der Waals surface area contributed by atoms with E-state index >= 15 is 0 Å². The molecule has 0 bridgehead atoms. The van der Waals surface area contributed by atoms with Crippen LogP contribution in [0.25, 0.3) is 0 Å². The van der Waals surface area contributed by atoms with Crippen molar-refractivity contribution in [3.63, 3.8) is 0 Å². The summed E-state index contributed by atoms with van der Waals surface area (Å²) in [7, 11) is 1.06. The lowest BCUT2D eigenvalue weighted by atomic mass is 10.1. The number of rotatable bonds is 3. The molecule has 1 N–H and O–H groups in total. The van der Waals surface area contributed by atoms with Crippen LogP contribution in [0.1, 0.15) is 11.7 Å². The second-order valence-corrected chi connectivity index (χ2v) is 2.89. The van der Waals surface area contributed by atoms with E-state index in [1.807, 2.05) is 0 Å². The molecule has 0 saturated carbocycles. The second-order valence-electron chi connectivity index (χ2n) is 2.89. The van der Waals surface area contributed by atoms with Crippen LogP contribution in [0.2, 0.25) is 0 Å². The van der Waals surface area contributed by atoms with E-state index in [2.05, 4.69) is 4.74 Å². The summed E-state index contributed by atoms with van der Waals surface area (Å²) >= 11 is 0. The smallest absolute Gasteiger partial charge is 0.339 e. The number of nitro groups is 1. The molecule has 0 radical (unpaired) electrons. The number of nitro benzene ring substituents is 1. The van der Waals surface area contributed by atoms with Gasteiger partial charge in [-0.05, 0) is 11.6 Å². The average molecular weight is 229 g/mol. The third kappa shape index (κ3) is 2.31. The van der Waals surface area contributed by atoms with Crippen LogP contribution in [0.5, 0.6) is 0 Å². The molecule has 16 heavy (non-hydrogen) atoms. The third-order valence-corrected chi connectivity index (χ3v) is 1.91. The summed E-state index contributed by atoms with van der Waals surface area (Å²) in [4.78, 5) is 20.4. The molecule has 1 rings (SSSR count). The van der Waals surface area contributed by atoms with E-state index in [-0.39, 0.29) is 5.56 Å². The molecule has 0 spiro atoms. The van der Waals surface area contributed by atoms with Crippen molar-refractivity contribution in [1.29, 1.82) is 0 Å². The number of carbonyl (C=O) groups is 1. The van der Waals surface area contributed by atoms with Gasteiger partial charge < -0.3 is 9.84 Å². The number of hydrogen-bond donors (Lipinski definition) is 1. The highest BCUT2D eigenvalue weighted by atomic mass is 19.1. The van der Waals surface area contributed by atoms with Crippen molar-refractivity contribution in [2.24, 2.45) is 0 Å². The van der Waals surface area contributed by atoms with Crippen molar-refractivity contribution in [1.82, 2.24) is 0 Å². The van der Waals surface area contributed by atoms with Crippen LogP contribution in [0.15, 0.2) is 18.2 Å². The quantitative estimate of drug-likeness (QED) is 0.473. The highest BCUT2D eigenvalue weighted by Crippen LogP contribution is 2.23. The highest BCUT2D eigenvalue weighted by molar-refractivity contribution is 5.76. The highest BCUT2D eigenvalue weighted by Gasteiger charge is 2.22. The number of halogens is 1. The standard InChI is InChI=1S/C9H8FNO5/c1-16-9(13)8(12)5-2-3-6(10)7(4-5)11(14)15/h2-4,8,12H,1H3. The van der Waals surface area contributed by atoms with E-state index in [9.17, 15) is 24.4 Å². The van der Waals surface area contributed by atoms with E-state index in [1.54, 1.807) is 0 Å². The number of aliphatic hydroxyl groups is 1. The monoisotopic (exact) mass is 229 g/mol. The zero-order valence-electron chi connectivity index (χ0n) is 8.21. The Morgan fingerprint density at radius 1 is 1.62 bits per heavy atom. The summed E-state index contributed by atoms with van der Waals surface area (Å²) in [6, 6.07) is 2.67. The van der Waals surface area contributed by atoms with E-state index < -0.39 is 28.5 Å². The van der Waals surface area contributed by atoms with Crippen molar-refractivity contribution in [3.05, 3.63) is 39.7 Å². The molecule has 6 nitrogen and oxygen atoms in total. The van der Waals surface area contributed by atoms with Gasteiger partial charge in [-0.3, -0.25) is 10.1 Å². The molecule has 7 heteroatoms. The molecule has 0 aliphatic heterocycles. The SMILES string of the molecule is COC(=O)C(O)c1ccc(F)c([N+](=O)[O-])c1. The predicted molar refractivity (Wildman–Crippen MR) is 50.0 cm³/mol. The molecule has 0 fully saturated rings. The lowest BCUT2D eigenvalue weighted by Crippen LogP contribution is -2.13.